The second kappa shape index (κ2) is 30.9. The van der Waals surface area contributed by atoms with Crippen LogP contribution in [0.3, 0.4) is 0 Å². The van der Waals surface area contributed by atoms with Crippen LogP contribution in [0.5, 0.6) is 0 Å². The zero-order valence-corrected chi connectivity index (χ0v) is 55.1. The summed E-state index contributed by atoms with van der Waals surface area (Å²) in [5, 5.41) is 24.3. The van der Waals surface area contributed by atoms with Gasteiger partial charge in [-0.25, -0.2) is 18.1 Å². The first-order chi connectivity index (χ1) is 47.6. The Morgan fingerprint density at radius 1 is 0.388 bits per heavy atom. The largest absolute Gasteiger partial charge is 0.475 e. The predicted octanol–water partition coefficient (Wildman–Crippen LogP) is 12.6. The molecule has 12 aromatic rings. The number of fused-ring (bicyclic) bond motifs is 3. The maximum Gasteiger partial charge on any atom is 0.475 e. The van der Waals surface area contributed by atoms with Crippen molar-refractivity contribution in [3.8, 4) is 33.4 Å². The van der Waals surface area contributed by atoms with Crippen molar-refractivity contribution in [1.82, 2.24) is 28.8 Å². The van der Waals surface area contributed by atoms with Crippen LogP contribution in [-0.2, 0) is 52.2 Å². The summed E-state index contributed by atoms with van der Waals surface area (Å²) in [4.78, 5) is 40.6. The summed E-state index contributed by atoms with van der Waals surface area (Å²) in [5.41, 5.74) is 28.7. The number of aromatic nitrogens is 6. The van der Waals surface area contributed by atoms with E-state index in [1.807, 2.05) is 240 Å². The molecule has 6 aromatic heterocycles. The molecule has 98 heavy (non-hydrogen) atoms. The van der Waals surface area contributed by atoms with Gasteiger partial charge in [0.15, 0.2) is 0 Å². The average molecular weight is 1340 g/mol. The summed E-state index contributed by atoms with van der Waals surface area (Å²) in [5.74, 6) is -2.31. The Kier molecular flexibility index (Phi) is 21.2. The van der Waals surface area contributed by atoms with E-state index in [1.165, 1.54) is 18.6 Å². The second-order valence-electron chi connectivity index (χ2n) is 23.8. The van der Waals surface area contributed by atoms with Crippen molar-refractivity contribution in [2.45, 2.75) is 77.0 Å². The molecule has 0 aliphatic rings. The maximum absolute atomic E-state index is 16.6. The van der Waals surface area contributed by atoms with E-state index in [-0.39, 0.29) is 36.5 Å². The summed E-state index contributed by atoms with van der Waals surface area (Å²) in [6, 6.07) is 60.6. The fraction of sp³-hybridized carbons (Fsp3) is 0.200. The van der Waals surface area contributed by atoms with E-state index < -0.39 is 81.8 Å². The lowest BCUT2D eigenvalue weighted by atomic mass is 10.1. The number of nitrogens with two attached hydrogens (primary N) is 3. The molecule has 23 heteroatoms. The standard InChI is InChI=1S/C75H75N12O10P/c1-49(92-43-52-22-10-4-11-23-52)64(82-70-61(73(76)88)37-79-85-40-58(34-67(70)85)55-28-16-7-17-29-55)46-95-98(91,96-47-65(50(2)93-44-53-24-12-5-13-25-53)83-71-62(74(77)89)38-80-86-41-59(35-68(71)86)56-30-18-8-19-31-56)97-48-66(51(3)94-45-54-26-14-6-15-27-54)84-72-63(75(78)90)39-81-87-42-60(36-69(72)87)57-32-20-9-21-33-57/h4-42,49-51,64-66,82-84H,43-48H2,1-3H3,(H2,76,88)(H2,77,89)(H2,78,90)/t49-,50-,51-,64-,65-,66-/m1/s1. The molecule has 0 fully saturated rings. The molecule has 6 heterocycles. The Balaban J connectivity index is 0.947. The fourth-order valence-electron chi connectivity index (χ4n) is 11.4. The first kappa shape index (κ1) is 67.2. The second-order valence-corrected chi connectivity index (χ2v) is 25.4. The third-order valence-electron chi connectivity index (χ3n) is 17.0. The molecule has 0 saturated heterocycles. The minimum atomic E-state index is -5.00. The number of amides is 3. The van der Waals surface area contributed by atoms with Crippen molar-refractivity contribution in [3.05, 3.63) is 271 Å². The summed E-state index contributed by atoms with van der Waals surface area (Å²) in [7, 11) is -5.00. The number of phosphoric ester groups is 1. The number of benzene rings is 6. The Bertz CT molecular complexity index is 4270. The molecule has 6 atom stereocenters. The molecule has 12 rings (SSSR count). The van der Waals surface area contributed by atoms with Crippen molar-refractivity contribution in [1.29, 1.82) is 0 Å². The lowest BCUT2D eigenvalue weighted by Crippen LogP contribution is -2.40. The minimum Gasteiger partial charge on any atom is -0.375 e. The summed E-state index contributed by atoms with van der Waals surface area (Å²) >= 11 is 0. The van der Waals surface area contributed by atoms with Crippen LogP contribution in [0.25, 0.3) is 49.9 Å². The average Bonchev–Trinajstić information content (AvgIpc) is 1.62. The third-order valence-corrected chi connectivity index (χ3v) is 18.4. The van der Waals surface area contributed by atoms with Gasteiger partial charge in [0.25, 0.3) is 17.7 Å². The predicted molar refractivity (Wildman–Crippen MR) is 377 cm³/mol. The topological polar surface area (TPSA) is 290 Å². The Hall–Kier alpha value is -10.8. The number of rotatable bonds is 33. The van der Waals surface area contributed by atoms with Gasteiger partial charge in [0.05, 0.1) is 145 Å². The monoisotopic (exact) mass is 1330 g/mol. The molecular weight excluding hydrogens is 1260 g/mol. The zero-order valence-electron chi connectivity index (χ0n) is 54.2. The molecule has 0 saturated carbocycles. The molecule has 22 nitrogen and oxygen atoms in total. The highest BCUT2D eigenvalue weighted by molar-refractivity contribution is 7.48. The maximum atomic E-state index is 16.6. The highest BCUT2D eigenvalue weighted by atomic mass is 31.2. The number of phosphoric acid groups is 1. The van der Waals surface area contributed by atoms with Gasteiger partial charge >= 0.3 is 7.82 Å². The normalized spacial score (nSPS) is 13.6. The van der Waals surface area contributed by atoms with Gasteiger partial charge in [-0.15, -0.1) is 0 Å². The molecule has 0 unspecified atom stereocenters. The van der Waals surface area contributed by atoms with Crippen molar-refractivity contribution in [2.75, 3.05) is 35.8 Å². The van der Waals surface area contributed by atoms with Gasteiger partial charge in [-0.2, -0.15) is 15.3 Å². The van der Waals surface area contributed by atoms with Crippen LogP contribution in [0.15, 0.2) is 237 Å². The lowest BCUT2D eigenvalue weighted by Gasteiger charge is -2.32. The van der Waals surface area contributed by atoms with E-state index in [0.717, 1.165) is 50.1 Å². The van der Waals surface area contributed by atoms with Crippen LogP contribution in [0.1, 0.15) is 68.5 Å². The van der Waals surface area contributed by atoms with Gasteiger partial charge < -0.3 is 47.4 Å². The van der Waals surface area contributed by atoms with Gasteiger partial charge in [0.2, 0.25) is 0 Å². The van der Waals surface area contributed by atoms with Crippen molar-refractivity contribution >= 4 is 59.2 Å². The smallest absolute Gasteiger partial charge is 0.375 e. The number of hydrogen-bond acceptors (Lipinski definition) is 16. The summed E-state index contributed by atoms with van der Waals surface area (Å²) < 4.78 is 61.6. The van der Waals surface area contributed by atoms with E-state index in [2.05, 4.69) is 31.2 Å². The number of nitrogens with zero attached hydrogens (tertiary/aromatic N) is 6. The number of carbonyl (C=O) groups excluding carboxylic acids is 3. The number of nitrogens with one attached hydrogen (secondary N) is 3. The number of anilines is 3. The summed E-state index contributed by atoms with van der Waals surface area (Å²) in [6.45, 7) is 4.52. The zero-order chi connectivity index (χ0) is 68.1. The van der Waals surface area contributed by atoms with E-state index in [1.54, 1.807) is 13.5 Å². The van der Waals surface area contributed by atoms with Gasteiger partial charge in [0, 0.05) is 35.3 Å². The number of carbonyl (C=O) groups is 3. The number of ether oxygens (including phenoxy) is 3. The highest BCUT2D eigenvalue weighted by Gasteiger charge is 2.37. The molecule has 0 bridgehead atoms. The van der Waals surface area contributed by atoms with Crippen LogP contribution in [0.4, 0.5) is 17.1 Å². The van der Waals surface area contributed by atoms with Gasteiger partial charge in [-0.05, 0) is 72.4 Å². The summed E-state index contributed by atoms with van der Waals surface area (Å²) in [6.07, 6.45) is 7.32. The molecule has 0 spiro atoms. The van der Waals surface area contributed by atoms with Crippen molar-refractivity contribution in [3.63, 3.8) is 0 Å². The first-order valence-electron chi connectivity index (χ1n) is 32.0. The van der Waals surface area contributed by atoms with Crippen molar-refractivity contribution in [2.24, 2.45) is 17.2 Å². The van der Waals surface area contributed by atoms with E-state index in [9.17, 15) is 14.4 Å². The SMILES string of the molecule is C[C@@H](OCc1ccccc1)[C@@H](COP(=O)(OC[C@@H](Nc1c(C(N)=O)cnn2cc(-c3ccccc3)cc12)[C@@H](C)OCc1ccccc1)OC[C@@H](Nc1c(C(N)=O)cnn2cc(-c3ccccc3)cc12)[C@@H](C)OCc1ccccc1)Nc1c(C(N)=O)cnn2cc(-c3ccccc3)cc12. The van der Waals surface area contributed by atoms with Crippen LogP contribution in [-0.4, -0.2) is 103 Å². The Morgan fingerprint density at radius 3 is 0.878 bits per heavy atom. The van der Waals surface area contributed by atoms with Crippen LogP contribution >= 0.6 is 7.82 Å². The molecule has 0 aliphatic carbocycles. The highest BCUT2D eigenvalue weighted by Crippen LogP contribution is 2.51. The number of hydrogen-bond donors (Lipinski definition) is 6. The molecular formula is C75H75N12O10P. The fourth-order valence-corrected chi connectivity index (χ4v) is 12.6. The molecule has 3 amide bonds. The molecule has 500 valence electrons. The van der Waals surface area contributed by atoms with Gasteiger partial charge in [-0.3, -0.25) is 28.0 Å². The quantitative estimate of drug-likeness (QED) is 0.0208. The van der Waals surface area contributed by atoms with Crippen LogP contribution in [0.2, 0.25) is 0 Å². The number of primary amides is 3. The molecule has 0 radical (unpaired) electrons. The minimum absolute atomic E-state index is 0.0572. The Morgan fingerprint density at radius 2 is 0.633 bits per heavy atom. The molecule has 9 N–H and O–H groups in total. The van der Waals surface area contributed by atoms with Crippen molar-refractivity contribution < 1.29 is 46.7 Å². The van der Waals surface area contributed by atoms with Crippen LogP contribution < -0.4 is 33.2 Å². The van der Waals surface area contributed by atoms with Gasteiger partial charge in [0.1, 0.15) is 0 Å². The van der Waals surface area contributed by atoms with E-state index >= 15 is 4.57 Å². The van der Waals surface area contributed by atoms with Crippen LogP contribution in [0, 0.1) is 0 Å². The first-order valence-corrected chi connectivity index (χ1v) is 33.5. The van der Waals surface area contributed by atoms with Gasteiger partial charge in [-0.1, -0.05) is 182 Å². The van der Waals surface area contributed by atoms with E-state index in [4.69, 9.17) is 45.0 Å². The Labute approximate surface area is 566 Å². The van der Waals surface area contributed by atoms with E-state index in [0.29, 0.717) is 33.6 Å². The lowest BCUT2D eigenvalue weighted by molar-refractivity contribution is 0.00657. The molecule has 6 aromatic carbocycles. The third kappa shape index (κ3) is 16.2. The molecule has 0 aliphatic heterocycles.